The second kappa shape index (κ2) is 11.2. The third kappa shape index (κ3) is 7.15. The Labute approximate surface area is 193 Å². The molecule has 0 aliphatic rings. The summed E-state index contributed by atoms with van der Waals surface area (Å²) < 4.78 is 42.2. The molecule has 0 spiro atoms. The van der Waals surface area contributed by atoms with Gasteiger partial charge in [-0.05, 0) is 48.5 Å². The van der Waals surface area contributed by atoms with Gasteiger partial charge in [0.25, 0.3) is 0 Å². The first-order valence-electron chi connectivity index (χ1n) is 10.2. The van der Waals surface area contributed by atoms with Crippen molar-refractivity contribution in [2.75, 3.05) is 37.4 Å². The number of ether oxygens (including phenoxy) is 3. The van der Waals surface area contributed by atoms with E-state index in [-0.39, 0.29) is 19.7 Å². The lowest BCUT2D eigenvalue weighted by Crippen LogP contribution is -2.41. The number of hydrogen-bond acceptors (Lipinski definition) is 6. The first kappa shape index (κ1) is 23.9. The molecule has 0 aliphatic heterocycles. The number of para-hydroxylation sites is 3. The highest BCUT2D eigenvalue weighted by molar-refractivity contribution is 7.92. The van der Waals surface area contributed by atoms with E-state index in [1.165, 1.54) is 0 Å². The molecule has 9 heteroatoms. The molecule has 0 aromatic heterocycles. The summed E-state index contributed by atoms with van der Waals surface area (Å²) in [5.41, 5.74) is 0.360. The minimum absolute atomic E-state index is 0.205. The van der Waals surface area contributed by atoms with Crippen molar-refractivity contribution in [3.8, 4) is 23.0 Å². The molecular weight excluding hydrogens is 444 g/mol. The molecule has 1 N–H and O–H groups in total. The molecule has 3 aromatic rings. The highest BCUT2D eigenvalue weighted by atomic mass is 32.2. The van der Waals surface area contributed by atoms with E-state index in [1.807, 2.05) is 42.5 Å². The smallest absolute Gasteiger partial charge is 0.240 e. The molecule has 0 heterocycles. The Hall–Kier alpha value is -3.72. The molecule has 3 rings (SSSR count). The maximum absolute atomic E-state index is 12.4. The number of anilines is 1. The molecule has 0 fully saturated rings. The summed E-state index contributed by atoms with van der Waals surface area (Å²) in [6, 6.07) is 22.9. The first-order valence-corrected chi connectivity index (χ1v) is 12.0. The van der Waals surface area contributed by atoms with Gasteiger partial charge in [0.2, 0.25) is 15.9 Å². The summed E-state index contributed by atoms with van der Waals surface area (Å²) in [5.74, 6) is 1.92. The largest absolute Gasteiger partial charge is 0.493 e. The predicted molar refractivity (Wildman–Crippen MR) is 127 cm³/mol. The Kier molecular flexibility index (Phi) is 8.15. The van der Waals surface area contributed by atoms with Gasteiger partial charge in [0.1, 0.15) is 24.7 Å². The SMILES string of the molecule is COc1ccccc1OCCNC(=O)CN(c1ccc(Oc2ccccc2)cc1)S(C)(=O)=O. The fraction of sp³-hybridized carbons (Fsp3) is 0.208. The van der Waals surface area contributed by atoms with Crippen molar-refractivity contribution < 1.29 is 27.4 Å². The molecule has 0 saturated heterocycles. The Balaban J connectivity index is 1.56. The average Bonchev–Trinajstić information content (AvgIpc) is 2.81. The molecule has 33 heavy (non-hydrogen) atoms. The molecule has 0 unspecified atom stereocenters. The Morgan fingerprint density at radius 1 is 0.879 bits per heavy atom. The Morgan fingerprint density at radius 3 is 2.12 bits per heavy atom. The van der Waals surface area contributed by atoms with E-state index in [1.54, 1.807) is 43.5 Å². The van der Waals surface area contributed by atoms with E-state index in [0.29, 0.717) is 28.7 Å². The maximum Gasteiger partial charge on any atom is 0.240 e. The number of carbonyl (C=O) groups is 1. The number of nitrogens with one attached hydrogen (secondary N) is 1. The summed E-state index contributed by atoms with van der Waals surface area (Å²) in [7, 11) is -2.14. The van der Waals surface area contributed by atoms with Crippen molar-refractivity contribution in [2.24, 2.45) is 0 Å². The van der Waals surface area contributed by atoms with Crippen LogP contribution in [0.3, 0.4) is 0 Å². The zero-order chi connectivity index (χ0) is 23.7. The Bertz CT molecular complexity index is 1150. The number of hydrogen-bond donors (Lipinski definition) is 1. The lowest BCUT2D eigenvalue weighted by atomic mass is 10.3. The number of nitrogens with zero attached hydrogens (tertiary/aromatic N) is 1. The maximum atomic E-state index is 12.4. The van der Waals surface area contributed by atoms with Crippen molar-refractivity contribution in [3.63, 3.8) is 0 Å². The monoisotopic (exact) mass is 470 g/mol. The third-order valence-electron chi connectivity index (χ3n) is 4.54. The van der Waals surface area contributed by atoms with Crippen LogP contribution in [-0.2, 0) is 14.8 Å². The van der Waals surface area contributed by atoms with Crippen molar-refractivity contribution >= 4 is 21.6 Å². The molecular formula is C24H26N2O6S. The lowest BCUT2D eigenvalue weighted by molar-refractivity contribution is -0.119. The van der Waals surface area contributed by atoms with Crippen molar-refractivity contribution in [1.82, 2.24) is 5.32 Å². The molecule has 0 aliphatic carbocycles. The van der Waals surface area contributed by atoms with Gasteiger partial charge in [0, 0.05) is 0 Å². The molecule has 1 amide bonds. The second-order valence-corrected chi connectivity index (χ2v) is 8.93. The number of sulfonamides is 1. The number of methoxy groups -OCH3 is 1. The number of amides is 1. The van der Waals surface area contributed by atoms with Crippen LogP contribution in [0.25, 0.3) is 0 Å². The minimum Gasteiger partial charge on any atom is -0.493 e. The van der Waals surface area contributed by atoms with Crippen LogP contribution in [0.15, 0.2) is 78.9 Å². The lowest BCUT2D eigenvalue weighted by Gasteiger charge is -2.22. The van der Waals surface area contributed by atoms with Gasteiger partial charge in [-0.3, -0.25) is 9.10 Å². The highest BCUT2D eigenvalue weighted by Crippen LogP contribution is 2.26. The van der Waals surface area contributed by atoms with Gasteiger partial charge in [-0.1, -0.05) is 30.3 Å². The van der Waals surface area contributed by atoms with E-state index in [9.17, 15) is 13.2 Å². The molecule has 0 radical (unpaired) electrons. The van der Waals surface area contributed by atoms with Crippen LogP contribution in [0.4, 0.5) is 5.69 Å². The average molecular weight is 471 g/mol. The van der Waals surface area contributed by atoms with Crippen LogP contribution in [0.5, 0.6) is 23.0 Å². The summed E-state index contributed by atoms with van der Waals surface area (Å²) in [6.45, 7) is 0.0568. The van der Waals surface area contributed by atoms with E-state index in [4.69, 9.17) is 14.2 Å². The number of carbonyl (C=O) groups excluding carboxylic acids is 1. The molecule has 8 nitrogen and oxygen atoms in total. The van der Waals surface area contributed by atoms with Gasteiger partial charge >= 0.3 is 0 Å². The topological polar surface area (TPSA) is 94.2 Å². The van der Waals surface area contributed by atoms with Gasteiger partial charge in [0.15, 0.2) is 11.5 Å². The van der Waals surface area contributed by atoms with Crippen LogP contribution in [0.1, 0.15) is 0 Å². The van der Waals surface area contributed by atoms with Crippen LogP contribution in [0.2, 0.25) is 0 Å². The van der Waals surface area contributed by atoms with E-state index in [2.05, 4.69) is 5.32 Å². The normalized spacial score (nSPS) is 10.8. The van der Waals surface area contributed by atoms with E-state index >= 15 is 0 Å². The second-order valence-electron chi connectivity index (χ2n) is 7.03. The van der Waals surface area contributed by atoms with E-state index < -0.39 is 15.9 Å². The van der Waals surface area contributed by atoms with Gasteiger partial charge in [-0.25, -0.2) is 8.42 Å². The summed E-state index contributed by atoms with van der Waals surface area (Å²) in [6.07, 6.45) is 1.06. The van der Waals surface area contributed by atoms with E-state index in [0.717, 1.165) is 10.6 Å². The highest BCUT2D eigenvalue weighted by Gasteiger charge is 2.21. The quantitative estimate of drug-likeness (QED) is 0.432. The molecule has 0 bridgehead atoms. The summed E-state index contributed by atoms with van der Waals surface area (Å²) in [5, 5.41) is 2.67. The zero-order valence-corrected chi connectivity index (χ0v) is 19.2. The first-order chi connectivity index (χ1) is 15.9. The zero-order valence-electron chi connectivity index (χ0n) is 18.4. The summed E-state index contributed by atoms with van der Waals surface area (Å²) >= 11 is 0. The third-order valence-corrected chi connectivity index (χ3v) is 5.68. The molecule has 0 saturated carbocycles. The fourth-order valence-electron chi connectivity index (χ4n) is 2.98. The van der Waals surface area contributed by atoms with Gasteiger partial charge in [-0.2, -0.15) is 0 Å². The van der Waals surface area contributed by atoms with Crippen molar-refractivity contribution in [2.45, 2.75) is 0 Å². The molecule has 3 aromatic carbocycles. The predicted octanol–water partition coefficient (Wildman–Crippen LogP) is 3.45. The van der Waals surface area contributed by atoms with Crippen molar-refractivity contribution in [1.29, 1.82) is 0 Å². The number of benzene rings is 3. The summed E-state index contributed by atoms with van der Waals surface area (Å²) in [4.78, 5) is 12.4. The number of rotatable bonds is 11. The van der Waals surface area contributed by atoms with Crippen LogP contribution in [0, 0.1) is 0 Å². The van der Waals surface area contributed by atoms with Crippen LogP contribution >= 0.6 is 0 Å². The molecule has 174 valence electrons. The van der Waals surface area contributed by atoms with Crippen LogP contribution in [-0.4, -0.2) is 47.4 Å². The van der Waals surface area contributed by atoms with Gasteiger partial charge < -0.3 is 19.5 Å². The van der Waals surface area contributed by atoms with Crippen molar-refractivity contribution in [3.05, 3.63) is 78.9 Å². The van der Waals surface area contributed by atoms with Gasteiger partial charge in [0.05, 0.1) is 25.6 Å². The molecule has 0 atom stereocenters. The minimum atomic E-state index is -3.68. The standard InChI is InChI=1S/C24H26N2O6S/c1-30-22-10-6-7-11-23(22)31-17-16-25-24(27)18-26(33(2,28)29)19-12-14-21(15-13-19)32-20-8-4-3-5-9-20/h3-15H,16-18H2,1-2H3,(H,25,27). The fourth-order valence-corrected chi connectivity index (χ4v) is 3.84. The van der Waals surface area contributed by atoms with Crippen LogP contribution < -0.4 is 23.8 Å². The van der Waals surface area contributed by atoms with Gasteiger partial charge in [-0.15, -0.1) is 0 Å². The Morgan fingerprint density at radius 2 is 1.48 bits per heavy atom.